The van der Waals surface area contributed by atoms with E-state index in [4.69, 9.17) is 32.7 Å². The van der Waals surface area contributed by atoms with Crippen LogP contribution in [0.4, 0.5) is 21.6 Å². The van der Waals surface area contributed by atoms with E-state index >= 15 is 0 Å². The fraction of sp³-hybridized carbons (Fsp3) is 0.400. The number of halogens is 3. The van der Waals surface area contributed by atoms with E-state index in [-0.39, 0.29) is 34.7 Å². The summed E-state index contributed by atoms with van der Waals surface area (Å²) in [5, 5.41) is 5.84. The summed E-state index contributed by atoms with van der Waals surface area (Å²) in [6.07, 6.45) is 6.50. The molecule has 6 aliphatic rings. The number of rotatable bonds is 9. The minimum atomic E-state index is -0.982. The van der Waals surface area contributed by atoms with Crippen molar-refractivity contribution in [1.29, 1.82) is 0 Å². The van der Waals surface area contributed by atoms with Crippen molar-refractivity contribution in [3.05, 3.63) is 75.8 Å². The molecule has 6 heterocycles. The van der Waals surface area contributed by atoms with Crippen LogP contribution in [-0.2, 0) is 9.59 Å². The number of piperazine rings is 1. The van der Waals surface area contributed by atoms with E-state index in [1.807, 2.05) is 12.1 Å². The number of benzene rings is 3. The molecule has 16 heteroatoms. The molecule has 1 aromatic heterocycles. The quantitative estimate of drug-likeness (QED) is 0.149. The largest absolute Gasteiger partial charge is 0.493 e. The summed E-state index contributed by atoms with van der Waals surface area (Å²) in [5.41, 5.74) is 2.25. The van der Waals surface area contributed by atoms with E-state index in [1.54, 1.807) is 25.3 Å². The molecule has 3 aromatic carbocycles. The van der Waals surface area contributed by atoms with Crippen molar-refractivity contribution < 1.29 is 33.0 Å². The first-order chi connectivity index (χ1) is 27.1. The van der Waals surface area contributed by atoms with Crippen molar-refractivity contribution in [1.82, 2.24) is 25.1 Å². The van der Waals surface area contributed by atoms with Gasteiger partial charge < -0.3 is 19.7 Å². The molecule has 3 unspecified atom stereocenters. The van der Waals surface area contributed by atoms with Crippen molar-refractivity contribution in [3.8, 4) is 11.5 Å². The number of fused-ring (bicyclic) bond motifs is 4. The first-order valence-electron chi connectivity index (χ1n) is 18.8. The highest BCUT2D eigenvalue weighted by atomic mass is 35.5. The number of hydrogen-bond donors (Lipinski definition) is 2. The van der Waals surface area contributed by atoms with Gasteiger partial charge in [0.05, 0.1) is 45.6 Å². The molecule has 1 saturated carbocycles. The van der Waals surface area contributed by atoms with Gasteiger partial charge in [-0.25, -0.2) is 14.4 Å². The van der Waals surface area contributed by atoms with Crippen molar-refractivity contribution in [2.45, 2.75) is 69.2 Å². The molecule has 2 N–H and O–H groups in total. The fourth-order valence-corrected chi connectivity index (χ4v) is 9.34. The number of hydrogen-bond acceptors (Lipinski definition) is 11. The number of aromatic nitrogens is 2. The number of piperidine rings is 2. The fourth-order valence-electron chi connectivity index (χ4n) is 9.03. The van der Waals surface area contributed by atoms with E-state index < -0.39 is 35.5 Å². The number of methoxy groups -OCH3 is 1. The molecule has 5 fully saturated rings. The maximum absolute atomic E-state index is 14.9. The van der Waals surface area contributed by atoms with Crippen LogP contribution < -0.4 is 25.0 Å². The van der Waals surface area contributed by atoms with Crippen LogP contribution >= 0.6 is 23.2 Å². The Labute approximate surface area is 331 Å². The number of anilines is 3. The maximum atomic E-state index is 14.9. The Balaban J connectivity index is 0.808. The van der Waals surface area contributed by atoms with Gasteiger partial charge in [0.1, 0.15) is 18.2 Å². The lowest BCUT2D eigenvalue weighted by atomic mass is 9.83. The molecule has 4 aromatic rings. The Morgan fingerprint density at radius 1 is 0.911 bits per heavy atom. The van der Waals surface area contributed by atoms with Gasteiger partial charge in [-0.2, -0.15) is 0 Å². The molecule has 1 aliphatic carbocycles. The van der Waals surface area contributed by atoms with E-state index in [9.17, 15) is 23.6 Å². The van der Waals surface area contributed by atoms with Crippen LogP contribution in [0.5, 0.6) is 11.5 Å². The third kappa shape index (κ3) is 6.46. The normalized spacial score (nSPS) is 24.9. The summed E-state index contributed by atoms with van der Waals surface area (Å²) in [4.78, 5) is 65.4. The number of nitrogens with one attached hydrogen (secondary N) is 2. The first kappa shape index (κ1) is 36.6. The smallest absolute Gasteiger partial charge is 0.262 e. The Bertz CT molecular complexity index is 2290. The Hall–Kier alpha value is -5.05. The second-order valence-electron chi connectivity index (χ2n) is 15.2. The summed E-state index contributed by atoms with van der Waals surface area (Å²) >= 11 is 12.0. The lowest BCUT2D eigenvalue weighted by molar-refractivity contribution is -0.136. The van der Waals surface area contributed by atoms with Crippen LogP contribution in [0.2, 0.25) is 10.0 Å². The van der Waals surface area contributed by atoms with Crippen LogP contribution in [0.3, 0.4) is 0 Å². The van der Waals surface area contributed by atoms with Gasteiger partial charge in [0, 0.05) is 55.3 Å². The average molecular weight is 803 g/mol. The minimum Gasteiger partial charge on any atom is -0.493 e. The first-order valence-corrected chi connectivity index (χ1v) is 19.6. The van der Waals surface area contributed by atoms with Crippen LogP contribution in [0, 0.1) is 11.7 Å². The van der Waals surface area contributed by atoms with Gasteiger partial charge >= 0.3 is 0 Å². The van der Waals surface area contributed by atoms with Gasteiger partial charge in [-0.15, -0.1) is 0 Å². The second-order valence-corrected chi connectivity index (χ2v) is 16.0. The Morgan fingerprint density at radius 2 is 1.68 bits per heavy atom. The highest BCUT2D eigenvalue weighted by Crippen LogP contribution is 2.42. The van der Waals surface area contributed by atoms with Crippen LogP contribution in [0.25, 0.3) is 10.9 Å². The van der Waals surface area contributed by atoms with Gasteiger partial charge in [0.2, 0.25) is 11.8 Å². The van der Waals surface area contributed by atoms with Gasteiger partial charge in [0.25, 0.3) is 11.8 Å². The number of carbonyl (C=O) groups excluding carboxylic acids is 4. The third-order valence-electron chi connectivity index (χ3n) is 11.8. The highest BCUT2D eigenvalue weighted by Gasteiger charge is 2.48. The average Bonchev–Trinajstić information content (AvgIpc) is 3.43. The molecular formula is C40H38Cl2FN7O6. The van der Waals surface area contributed by atoms with E-state index in [1.165, 1.54) is 18.5 Å². The summed E-state index contributed by atoms with van der Waals surface area (Å²) in [7, 11) is 1.59. The molecule has 4 amide bonds. The van der Waals surface area contributed by atoms with Crippen LogP contribution in [0.15, 0.2) is 48.8 Å². The monoisotopic (exact) mass is 801 g/mol. The Kier molecular flexibility index (Phi) is 9.45. The molecule has 290 valence electrons. The zero-order valence-corrected chi connectivity index (χ0v) is 31.9. The standard InChI is InChI=1S/C40H38Cl2FN7O6/c1-55-32-15-30-27(37(45-19-44-30)46-29-9-8-28(41)35(42)36(29)43)14-33(32)56-24-5-2-20(3-6-24)16-48-17-22-12-23(18-48)49(22)21-4-7-25-26(13-21)40(54)50(39(25)53)31-10-11-34(51)47-38(31)52/h4,7-9,13-15,19-20,22-24,31H,2-3,5-6,10-12,16-18H2,1H3,(H,44,45,46)(H,47,51,52). The summed E-state index contributed by atoms with van der Waals surface area (Å²) in [6, 6.07) is 11.7. The molecule has 13 nitrogen and oxygen atoms in total. The minimum absolute atomic E-state index is 0.00304. The molecule has 5 aliphatic heterocycles. The summed E-state index contributed by atoms with van der Waals surface area (Å²) in [5.74, 6) is -0.632. The molecule has 2 bridgehead atoms. The number of imide groups is 2. The van der Waals surface area contributed by atoms with E-state index in [0.29, 0.717) is 57.3 Å². The number of nitrogens with zero attached hydrogens (tertiary/aromatic N) is 5. The number of ether oxygens (including phenoxy) is 2. The predicted octanol–water partition coefficient (Wildman–Crippen LogP) is 6.13. The van der Waals surface area contributed by atoms with E-state index in [2.05, 4.69) is 30.4 Å². The molecule has 0 radical (unpaired) electrons. The Morgan fingerprint density at radius 3 is 2.43 bits per heavy atom. The molecule has 4 saturated heterocycles. The third-order valence-corrected chi connectivity index (χ3v) is 12.6. The molecule has 3 atom stereocenters. The summed E-state index contributed by atoms with van der Waals surface area (Å²) < 4.78 is 27.1. The number of amides is 4. The van der Waals surface area contributed by atoms with Crippen molar-refractivity contribution in [3.63, 3.8) is 0 Å². The predicted molar refractivity (Wildman–Crippen MR) is 206 cm³/mol. The lowest BCUT2D eigenvalue weighted by Crippen LogP contribution is -2.69. The van der Waals surface area contributed by atoms with E-state index in [0.717, 1.165) is 62.3 Å². The maximum Gasteiger partial charge on any atom is 0.262 e. The van der Waals surface area contributed by atoms with Gasteiger partial charge in [0.15, 0.2) is 17.3 Å². The topological polar surface area (TPSA) is 146 Å². The SMILES string of the molecule is COc1cc2ncnc(Nc3ccc(Cl)c(Cl)c3F)c2cc1OC1CCC(CN2CC3CC(C2)N3c2ccc3c(c2)C(=O)N(C2CCC(=O)NC2=O)C3=O)CC1. The molecule has 10 rings (SSSR count). The summed E-state index contributed by atoms with van der Waals surface area (Å²) in [6.45, 7) is 2.83. The zero-order chi connectivity index (χ0) is 38.8. The highest BCUT2D eigenvalue weighted by molar-refractivity contribution is 6.42. The van der Waals surface area contributed by atoms with Gasteiger partial charge in [-0.3, -0.25) is 34.3 Å². The van der Waals surface area contributed by atoms with Crippen LogP contribution in [0.1, 0.15) is 65.7 Å². The van der Waals surface area contributed by atoms with Gasteiger partial charge in [-0.1, -0.05) is 23.2 Å². The second kappa shape index (κ2) is 14.5. The van der Waals surface area contributed by atoms with Crippen LogP contribution in [-0.4, -0.2) is 94.4 Å². The lowest BCUT2D eigenvalue weighted by Gasteiger charge is -2.58. The molecular weight excluding hydrogens is 764 g/mol. The van der Waals surface area contributed by atoms with Crippen molar-refractivity contribution >= 4 is 74.9 Å². The molecule has 56 heavy (non-hydrogen) atoms. The number of carbonyl (C=O) groups is 4. The van der Waals surface area contributed by atoms with Crippen molar-refractivity contribution in [2.24, 2.45) is 5.92 Å². The molecule has 0 spiro atoms. The van der Waals surface area contributed by atoms with Crippen molar-refractivity contribution in [2.75, 3.05) is 37.0 Å². The van der Waals surface area contributed by atoms with Gasteiger partial charge in [-0.05, 0) is 80.8 Å². The zero-order valence-electron chi connectivity index (χ0n) is 30.4.